The average molecular weight is 209 g/mol. The SMILES string of the molecule is Brc1ccc2cncnc2c1. The molecule has 1 aromatic heterocycles. The lowest BCUT2D eigenvalue weighted by Crippen LogP contribution is -1.79. The molecule has 0 aliphatic rings. The molecule has 0 N–H and O–H groups in total. The summed E-state index contributed by atoms with van der Waals surface area (Å²) in [5, 5.41) is 1.07. The highest BCUT2D eigenvalue weighted by atomic mass is 79.9. The third kappa shape index (κ3) is 1.24. The lowest BCUT2D eigenvalue weighted by Gasteiger charge is -1.94. The molecule has 2 rings (SSSR count). The van der Waals surface area contributed by atoms with E-state index in [9.17, 15) is 0 Å². The molecule has 0 aliphatic heterocycles. The highest BCUT2D eigenvalue weighted by Crippen LogP contribution is 2.15. The van der Waals surface area contributed by atoms with E-state index >= 15 is 0 Å². The molecule has 2 aromatic rings. The molecule has 0 saturated carbocycles. The Morgan fingerprint density at radius 2 is 2.18 bits per heavy atom. The zero-order valence-corrected chi connectivity index (χ0v) is 7.25. The van der Waals surface area contributed by atoms with Crippen molar-refractivity contribution in [2.75, 3.05) is 0 Å². The molecule has 0 radical (unpaired) electrons. The minimum absolute atomic E-state index is 0.967. The van der Waals surface area contributed by atoms with Crippen molar-refractivity contribution in [3.63, 3.8) is 0 Å². The summed E-state index contributed by atoms with van der Waals surface area (Å²) >= 11 is 3.37. The Morgan fingerprint density at radius 1 is 1.27 bits per heavy atom. The second kappa shape index (κ2) is 2.58. The first-order valence-electron chi connectivity index (χ1n) is 3.21. The molecule has 0 saturated heterocycles. The number of nitrogens with zero attached hydrogens (tertiary/aromatic N) is 2. The number of rotatable bonds is 0. The fourth-order valence-corrected chi connectivity index (χ4v) is 1.30. The highest BCUT2D eigenvalue weighted by molar-refractivity contribution is 9.10. The number of fused-ring (bicyclic) bond motifs is 1. The van der Waals surface area contributed by atoms with Crippen molar-refractivity contribution in [2.45, 2.75) is 0 Å². The fraction of sp³-hybridized carbons (Fsp3) is 0. The van der Waals surface area contributed by atoms with Crippen LogP contribution in [0.15, 0.2) is 35.2 Å². The first kappa shape index (κ1) is 6.73. The van der Waals surface area contributed by atoms with Crippen molar-refractivity contribution in [1.82, 2.24) is 9.97 Å². The molecule has 0 spiro atoms. The third-order valence-corrected chi connectivity index (χ3v) is 1.96. The molecule has 1 heterocycles. The van der Waals surface area contributed by atoms with Crippen LogP contribution in [0.5, 0.6) is 0 Å². The quantitative estimate of drug-likeness (QED) is 0.665. The third-order valence-electron chi connectivity index (χ3n) is 1.47. The van der Waals surface area contributed by atoms with Crippen molar-refractivity contribution in [2.24, 2.45) is 0 Å². The van der Waals surface area contributed by atoms with E-state index in [1.54, 1.807) is 12.5 Å². The number of hydrogen-bond donors (Lipinski definition) is 0. The van der Waals surface area contributed by atoms with Crippen molar-refractivity contribution < 1.29 is 0 Å². The van der Waals surface area contributed by atoms with Crippen LogP contribution in [0.2, 0.25) is 0 Å². The van der Waals surface area contributed by atoms with Gasteiger partial charge in [0, 0.05) is 16.1 Å². The molecule has 0 aliphatic carbocycles. The maximum Gasteiger partial charge on any atom is 0.116 e. The summed E-state index contributed by atoms with van der Waals surface area (Å²) in [5.41, 5.74) is 0.967. The van der Waals surface area contributed by atoms with Crippen LogP contribution in [-0.2, 0) is 0 Å². The normalized spacial score (nSPS) is 10.3. The summed E-state index contributed by atoms with van der Waals surface area (Å²) in [6.45, 7) is 0. The molecule has 0 bridgehead atoms. The molecule has 1 aromatic carbocycles. The molecule has 0 fully saturated rings. The Balaban J connectivity index is 2.83. The molecule has 0 atom stereocenters. The van der Waals surface area contributed by atoms with Gasteiger partial charge in [-0.15, -0.1) is 0 Å². The van der Waals surface area contributed by atoms with Crippen LogP contribution in [-0.4, -0.2) is 9.97 Å². The van der Waals surface area contributed by atoms with Crippen LogP contribution in [0.4, 0.5) is 0 Å². The van der Waals surface area contributed by atoms with Gasteiger partial charge in [-0.3, -0.25) is 0 Å². The fourth-order valence-electron chi connectivity index (χ4n) is 0.947. The smallest absolute Gasteiger partial charge is 0.116 e. The molecule has 11 heavy (non-hydrogen) atoms. The van der Waals surface area contributed by atoms with E-state index < -0.39 is 0 Å². The summed E-state index contributed by atoms with van der Waals surface area (Å²) in [6, 6.07) is 5.93. The maximum absolute atomic E-state index is 4.10. The summed E-state index contributed by atoms with van der Waals surface area (Å²) in [5.74, 6) is 0. The molecule has 3 heteroatoms. The Kier molecular flexibility index (Phi) is 1.58. The van der Waals surface area contributed by atoms with E-state index in [4.69, 9.17) is 0 Å². The Morgan fingerprint density at radius 3 is 3.09 bits per heavy atom. The number of benzene rings is 1. The van der Waals surface area contributed by atoms with Crippen LogP contribution in [0.3, 0.4) is 0 Å². The summed E-state index contributed by atoms with van der Waals surface area (Å²) in [7, 11) is 0. The predicted octanol–water partition coefficient (Wildman–Crippen LogP) is 2.39. The van der Waals surface area contributed by atoms with Gasteiger partial charge in [-0.2, -0.15) is 0 Å². The molecular weight excluding hydrogens is 204 g/mol. The van der Waals surface area contributed by atoms with E-state index in [1.165, 1.54) is 0 Å². The van der Waals surface area contributed by atoms with Gasteiger partial charge in [0.1, 0.15) is 6.33 Å². The average Bonchev–Trinajstić information content (AvgIpc) is 2.04. The topological polar surface area (TPSA) is 25.8 Å². The zero-order chi connectivity index (χ0) is 7.68. The lowest BCUT2D eigenvalue weighted by atomic mass is 10.2. The van der Waals surface area contributed by atoms with Crippen molar-refractivity contribution >= 4 is 26.8 Å². The first-order valence-corrected chi connectivity index (χ1v) is 4.01. The number of hydrogen-bond acceptors (Lipinski definition) is 2. The summed E-state index contributed by atoms with van der Waals surface area (Å²) in [4.78, 5) is 8.02. The number of halogens is 1. The van der Waals surface area contributed by atoms with Crippen molar-refractivity contribution in [3.8, 4) is 0 Å². The van der Waals surface area contributed by atoms with E-state index in [-0.39, 0.29) is 0 Å². The van der Waals surface area contributed by atoms with E-state index in [1.807, 2.05) is 18.2 Å². The Bertz CT molecular complexity index is 387. The second-order valence-electron chi connectivity index (χ2n) is 2.23. The van der Waals surface area contributed by atoms with Gasteiger partial charge in [0.05, 0.1) is 5.52 Å². The van der Waals surface area contributed by atoms with Crippen LogP contribution in [0.1, 0.15) is 0 Å². The van der Waals surface area contributed by atoms with Crippen LogP contribution < -0.4 is 0 Å². The molecule has 54 valence electrons. The number of aromatic nitrogens is 2. The van der Waals surface area contributed by atoms with Crippen LogP contribution in [0.25, 0.3) is 10.9 Å². The first-order chi connectivity index (χ1) is 5.36. The van der Waals surface area contributed by atoms with Gasteiger partial charge >= 0.3 is 0 Å². The minimum Gasteiger partial charge on any atom is -0.244 e. The maximum atomic E-state index is 4.10. The Hall–Kier alpha value is -0.960. The molecular formula is C8H5BrN2. The van der Waals surface area contributed by atoms with Gasteiger partial charge in [-0.05, 0) is 12.1 Å². The monoisotopic (exact) mass is 208 g/mol. The Labute approximate surface area is 72.4 Å². The van der Waals surface area contributed by atoms with E-state index in [0.29, 0.717) is 0 Å². The van der Waals surface area contributed by atoms with Gasteiger partial charge in [0.2, 0.25) is 0 Å². The molecule has 2 nitrogen and oxygen atoms in total. The van der Waals surface area contributed by atoms with E-state index in [2.05, 4.69) is 25.9 Å². The largest absolute Gasteiger partial charge is 0.244 e. The predicted molar refractivity (Wildman–Crippen MR) is 47.2 cm³/mol. The lowest BCUT2D eigenvalue weighted by molar-refractivity contribution is 1.22. The summed E-state index contributed by atoms with van der Waals surface area (Å²) < 4.78 is 1.05. The molecule has 0 amide bonds. The van der Waals surface area contributed by atoms with Crippen LogP contribution in [0, 0.1) is 0 Å². The zero-order valence-electron chi connectivity index (χ0n) is 5.66. The van der Waals surface area contributed by atoms with Crippen molar-refractivity contribution in [3.05, 3.63) is 35.2 Å². The standard InChI is InChI=1S/C8H5BrN2/c9-7-2-1-6-4-10-5-11-8(6)3-7/h1-5H. The van der Waals surface area contributed by atoms with Gasteiger partial charge in [-0.25, -0.2) is 9.97 Å². The van der Waals surface area contributed by atoms with Gasteiger partial charge in [-0.1, -0.05) is 22.0 Å². The molecule has 0 unspecified atom stereocenters. The minimum atomic E-state index is 0.967. The summed E-state index contributed by atoms with van der Waals surface area (Å²) in [6.07, 6.45) is 3.35. The van der Waals surface area contributed by atoms with Crippen molar-refractivity contribution in [1.29, 1.82) is 0 Å². The highest BCUT2D eigenvalue weighted by Gasteiger charge is 1.92. The van der Waals surface area contributed by atoms with E-state index in [0.717, 1.165) is 15.4 Å². The van der Waals surface area contributed by atoms with Gasteiger partial charge in [0.25, 0.3) is 0 Å². The van der Waals surface area contributed by atoms with Crippen LogP contribution >= 0.6 is 15.9 Å². The van der Waals surface area contributed by atoms with Gasteiger partial charge in [0.15, 0.2) is 0 Å². The van der Waals surface area contributed by atoms with Gasteiger partial charge < -0.3 is 0 Å². The second-order valence-corrected chi connectivity index (χ2v) is 3.14.